The second-order valence-corrected chi connectivity index (χ2v) is 6.94. The van der Waals surface area contributed by atoms with Gasteiger partial charge in [-0.05, 0) is 30.7 Å². The Kier molecular flexibility index (Phi) is 3.09. The fourth-order valence-electron chi connectivity index (χ4n) is 3.45. The van der Waals surface area contributed by atoms with Crippen LogP contribution in [0.3, 0.4) is 0 Å². The topological polar surface area (TPSA) is 6.48 Å². The van der Waals surface area contributed by atoms with E-state index in [1.807, 2.05) is 0 Å². The molecule has 0 radical (unpaired) electrons. The molecular weight excluding hydrogens is 184 g/mol. The Hall–Kier alpha value is -0.0800. The molecule has 88 valence electrons. The second-order valence-electron chi connectivity index (χ2n) is 6.94. The zero-order valence-electron chi connectivity index (χ0n) is 10.8. The van der Waals surface area contributed by atoms with Crippen LogP contribution in [0.4, 0.5) is 0 Å². The fourth-order valence-corrected chi connectivity index (χ4v) is 3.45. The summed E-state index contributed by atoms with van der Waals surface area (Å²) >= 11 is 0. The molecule has 0 spiro atoms. The third-order valence-corrected chi connectivity index (χ3v) is 3.54. The summed E-state index contributed by atoms with van der Waals surface area (Å²) in [6.45, 7) is 13.6. The van der Waals surface area contributed by atoms with Crippen LogP contribution in [0.25, 0.3) is 0 Å². The molecule has 2 bridgehead atoms. The lowest BCUT2D eigenvalue weighted by atomic mass is 9.83. The first kappa shape index (κ1) is 11.4. The molecule has 2 atom stereocenters. The average Bonchev–Trinajstić information content (AvgIpc) is 1.96. The summed E-state index contributed by atoms with van der Waals surface area (Å²) in [6.07, 6.45) is 1.48. The standard InChI is InChI=1S/C13H26N2/c1-13(2,3)10-15-8-11-5-12(9-15)7-14(4)6-11/h11-12H,5-10H2,1-4H3. The summed E-state index contributed by atoms with van der Waals surface area (Å²) < 4.78 is 0. The van der Waals surface area contributed by atoms with Gasteiger partial charge in [0, 0.05) is 32.7 Å². The number of rotatable bonds is 1. The fraction of sp³-hybridized carbons (Fsp3) is 1.00. The van der Waals surface area contributed by atoms with Gasteiger partial charge in [-0.15, -0.1) is 0 Å². The van der Waals surface area contributed by atoms with Gasteiger partial charge in [0.15, 0.2) is 0 Å². The summed E-state index contributed by atoms with van der Waals surface area (Å²) in [5.41, 5.74) is 0.456. The molecule has 2 aliphatic rings. The average molecular weight is 210 g/mol. The molecule has 0 saturated carbocycles. The minimum Gasteiger partial charge on any atom is -0.306 e. The van der Waals surface area contributed by atoms with Gasteiger partial charge in [-0.2, -0.15) is 0 Å². The summed E-state index contributed by atoms with van der Waals surface area (Å²) in [5, 5.41) is 0. The van der Waals surface area contributed by atoms with E-state index in [4.69, 9.17) is 0 Å². The molecule has 2 nitrogen and oxygen atoms in total. The molecule has 0 amide bonds. The maximum atomic E-state index is 2.70. The van der Waals surface area contributed by atoms with Crippen molar-refractivity contribution >= 4 is 0 Å². The van der Waals surface area contributed by atoms with Crippen molar-refractivity contribution in [3.05, 3.63) is 0 Å². The van der Waals surface area contributed by atoms with Crippen LogP contribution in [0.15, 0.2) is 0 Å². The van der Waals surface area contributed by atoms with Crippen molar-refractivity contribution in [1.82, 2.24) is 9.80 Å². The second kappa shape index (κ2) is 4.06. The largest absolute Gasteiger partial charge is 0.306 e. The smallest absolute Gasteiger partial charge is 0.00303 e. The Morgan fingerprint density at radius 1 is 1.00 bits per heavy atom. The molecule has 2 fully saturated rings. The van der Waals surface area contributed by atoms with Crippen LogP contribution in [0.2, 0.25) is 0 Å². The van der Waals surface area contributed by atoms with Gasteiger partial charge in [-0.25, -0.2) is 0 Å². The van der Waals surface area contributed by atoms with Gasteiger partial charge in [-0.1, -0.05) is 20.8 Å². The van der Waals surface area contributed by atoms with Gasteiger partial charge in [0.2, 0.25) is 0 Å². The maximum absolute atomic E-state index is 2.70. The first-order chi connectivity index (χ1) is 6.92. The van der Waals surface area contributed by atoms with Crippen molar-refractivity contribution in [2.75, 3.05) is 39.8 Å². The van der Waals surface area contributed by atoms with Gasteiger partial charge in [-0.3, -0.25) is 0 Å². The lowest BCUT2D eigenvalue weighted by Gasteiger charge is -2.46. The minimum absolute atomic E-state index is 0.456. The molecule has 0 aromatic carbocycles. The molecule has 2 aliphatic heterocycles. The van der Waals surface area contributed by atoms with E-state index in [-0.39, 0.29) is 0 Å². The van der Waals surface area contributed by atoms with E-state index < -0.39 is 0 Å². The molecule has 0 aliphatic carbocycles. The Labute approximate surface area is 94.6 Å². The summed E-state index contributed by atoms with van der Waals surface area (Å²) in [4.78, 5) is 5.22. The van der Waals surface area contributed by atoms with Gasteiger partial charge >= 0.3 is 0 Å². The Morgan fingerprint density at radius 3 is 2.00 bits per heavy atom. The first-order valence-corrected chi connectivity index (χ1v) is 6.33. The van der Waals surface area contributed by atoms with E-state index in [0.29, 0.717) is 5.41 Å². The third-order valence-electron chi connectivity index (χ3n) is 3.54. The SMILES string of the molecule is CN1CC2CC(C1)CN(CC(C)(C)C)C2. The van der Waals surface area contributed by atoms with E-state index in [1.54, 1.807) is 0 Å². The maximum Gasteiger partial charge on any atom is 0.00303 e. The molecule has 0 aromatic rings. The van der Waals surface area contributed by atoms with E-state index in [1.165, 1.54) is 39.1 Å². The highest BCUT2D eigenvalue weighted by Crippen LogP contribution is 2.29. The number of hydrogen-bond donors (Lipinski definition) is 0. The van der Waals surface area contributed by atoms with Crippen molar-refractivity contribution in [2.45, 2.75) is 27.2 Å². The van der Waals surface area contributed by atoms with Gasteiger partial charge in [0.25, 0.3) is 0 Å². The van der Waals surface area contributed by atoms with E-state index in [2.05, 4.69) is 37.6 Å². The Balaban J connectivity index is 1.91. The van der Waals surface area contributed by atoms with Crippen LogP contribution in [0.1, 0.15) is 27.2 Å². The van der Waals surface area contributed by atoms with Crippen LogP contribution in [0, 0.1) is 17.3 Å². The molecule has 15 heavy (non-hydrogen) atoms. The molecule has 2 heterocycles. The van der Waals surface area contributed by atoms with Crippen molar-refractivity contribution < 1.29 is 0 Å². The minimum atomic E-state index is 0.456. The third kappa shape index (κ3) is 3.18. The molecule has 2 unspecified atom stereocenters. The summed E-state index contributed by atoms with van der Waals surface area (Å²) in [7, 11) is 2.28. The zero-order valence-corrected chi connectivity index (χ0v) is 10.8. The highest BCUT2D eigenvalue weighted by atomic mass is 15.2. The predicted octanol–water partition coefficient (Wildman–Crippen LogP) is 1.92. The predicted molar refractivity (Wildman–Crippen MR) is 65.0 cm³/mol. The van der Waals surface area contributed by atoms with E-state index in [9.17, 15) is 0 Å². The number of hydrogen-bond acceptors (Lipinski definition) is 2. The molecular formula is C13H26N2. The highest BCUT2D eigenvalue weighted by Gasteiger charge is 2.33. The van der Waals surface area contributed by atoms with Crippen LogP contribution < -0.4 is 0 Å². The monoisotopic (exact) mass is 210 g/mol. The van der Waals surface area contributed by atoms with Crippen LogP contribution in [-0.4, -0.2) is 49.6 Å². The number of likely N-dealkylation sites (tertiary alicyclic amines) is 2. The van der Waals surface area contributed by atoms with Crippen molar-refractivity contribution in [3.63, 3.8) is 0 Å². The lowest BCUT2D eigenvalue weighted by molar-refractivity contribution is 0.0275. The van der Waals surface area contributed by atoms with Crippen LogP contribution in [-0.2, 0) is 0 Å². The highest BCUT2D eigenvalue weighted by molar-refractivity contribution is 4.87. The van der Waals surface area contributed by atoms with Crippen molar-refractivity contribution in [2.24, 2.45) is 17.3 Å². The summed E-state index contributed by atoms with van der Waals surface area (Å²) in [6, 6.07) is 0. The quantitative estimate of drug-likeness (QED) is 0.652. The van der Waals surface area contributed by atoms with Crippen LogP contribution in [0.5, 0.6) is 0 Å². The van der Waals surface area contributed by atoms with Gasteiger partial charge in [0.05, 0.1) is 0 Å². The van der Waals surface area contributed by atoms with Crippen molar-refractivity contribution in [3.8, 4) is 0 Å². The van der Waals surface area contributed by atoms with E-state index >= 15 is 0 Å². The first-order valence-electron chi connectivity index (χ1n) is 6.33. The van der Waals surface area contributed by atoms with Gasteiger partial charge < -0.3 is 9.80 Å². The Morgan fingerprint density at radius 2 is 1.53 bits per heavy atom. The molecule has 0 N–H and O–H groups in total. The zero-order chi connectivity index (χ0) is 11.1. The normalized spacial score (nSPS) is 34.4. The molecule has 2 rings (SSSR count). The molecule has 0 aromatic heterocycles. The van der Waals surface area contributed by atoms with Crippen LogP contribution >= 0.6 is 0 Å². The van der Waals surface area contributed by atoms with E-state index in [0.717, 1.165) is 11.8 Å². The molecule has 2 heteroatoms. The van der Waals surface area contributed by atoms with Crippen molar-refractivity contribution in [1.29, 1.82) is 0 Å². The summed E-state index contributed by atoms with van der Waals surface area (Å²) in [5.74, 6) is 1.87. The molecule has 2 saturated heterocycles. The van der Waals surface area contributed by atoms with Gasteiger partial charge in [0.1, 0.15) is 0 Å². The lowest BCUT2D eigenvalue weighted by Crippen LogP contribution is -2.52. The number of nitrogens with zero attached hydrogens (tertiary/aromatic N) is 2. The number of piperidine rings is 2. The Bertz CT molecular complexity index is 201. The number of fused-ring (bicyclic) bond motifs is 2.